The summed E-state index contributed by atoms with van der Waals surface area (Å²) in [5.41, 5.74) is -0.0157. The average Bonchev–Trinajstić information content (AvgIpc) is 3.37. The molecule has 0 N–H and O–H groups in total. The van der Waals surface area contributed by atoms with E-state index in [0.29, 0.717) is 37.3 Å². The van der Waals surface area contributed by atoms with Crippen molar-refractivity contribution < 1.29 is 28.6 Å². The molecule has 148 valence electrons. The van der Waals surface area contributed by atoms with Gasteiger partial charge >= 0.3 is 5.97 Å². The molecular weight excluding hydrogens is 362 g/mol. The molecule has 2 heterocycles. The summed E-state index contributed by atoms with van der Waals surface area (Å²) in [5.74, 6) is -0.492. The van der Waals surface area contributed by atoms with Crippen LogP contribution in [0.4, 0.5) is 0 Å². The van der Waals surface area contributed by atoms with E-state index in [1.165, 1.54) is 0 Å². The van der Waals surface area contributed by atoms with Crippen LogP contribution in [-0.2, 0) is 31.1 Å². The third kappa shape index (κ3) is 1.65. The standard InChI is InChI=1S/C21H23NO6/c1-4-28-19(25)21-16-13(23)5-7-20(21)12-10-15(27-3)14(26-2)9-11(12)6-8-22(20)18(24)17(16)21/h9-10,16-17H,4-8H2,1-3H3/t16-,17-,20-,21+/m1/s1. The lowest BCUT2D eigenvalue weighted by molar-refractivity contribution is -0.163. The Morgan fingerprint density at radius 1 is 1.14 bits per heavy atom. The molecular formula is C21H23NO6. The summed E-state index contributed by atoms with van der Waals surface area (Å²) in [6.45, 7) is 2.50. The van der Waals surface area contributed by atoms with Gasteiger partial charge in [-0.2, -0.15) is 0 Å². The van der Waals surface area contributed by atoms with E-state index in [9.17, 15) is 14.4 Å². The molecule has 0 unspecified atom stereocenters. The number of hydrogen-bond donors (Lipinski definition) is 0. The Bertz CT molecular complexity index is 926. The van der Waals surface area contributed by atoms with E-state index in [4.69, 9.17) is 14.2 Å². The Kier molecular flexibility index (Phi) is 3.44. The highest BCUT2D eigenvalue weighted by molar-refractivity contribution is 6.10. The van der Waals surface area contributed by atoms with Gasteiger partial charge in [0.05, 0.1) is 38.2 Å². The molecule has 1 aromatic rings. The Balaban J connectivity index is 1.78. The largest absolute Gasteiger partial charge is 0.493 e. The van der Waals surface area contributed by atoms with Crippen LogP contribution >= 0.6 is 0 Å². The second-order valence-corrected chi connectivity index (χ2v) is 7.98. The van der Waals surface area contributed by atoms with Crippen molar-refractivity contribution in [3.63, 3.8) is 0 Å². The van der Waals surface area contributed by atoms with E-state index in [-0.39, 0.29) is 18.3 Å². The molecule has 2 saturated carbocycles. The van der Waals surface area contributed by atoms with Crippen molar-refractivity contribution in [3.8, 4) is 11.5 Å². The van der Waals surface area contributed by atoms with Gasteiger partial charge in [-0.15, -0.1) is 0 Å². The molecule has 7 nitrogen and oxygen atoms in total. The summed E-state index contributed by atoms with van der Waals surface area (Å²) in [5, 5.41) is 0. The van der Waals surface area contributed by atoms with Crippen LogP contribution in [0.1, 0.15) is 30.9 Å². The number of carbonyl (C=O) groups excluding carboxylic acids is 3. The van der Waals surface area contributed by atoms with Gasteiger partial charge in [-0.05, 0) is 43.0 Å². The molecule has 5 rings (SSSR count). The molecule has 3 fully saturated rings. The normalized spacial score (nSPS) is 34.3. The van der Waals surface area contributed by atoms with Gasteiger partial charge < -0.3 is 19.1 Å². The van der Waals surface area contributed by atoms with Gasteiger partial charge in [-0.25, -0.2) is 0 Å². The zero-order valence-corrected chi connectivity index (χ0v) is 16.2. The van der Waals surface area contributed by atoms with Gasteiger partial charge in [0.15, 0.2) is 11.5 Å². The maximum atomic E-state index is 13.2. The van der Waals surface area contributed by atoms with Crippen LogP contribution in [0.2, 0.25) is 0 Å². The van der Waals surface area contributed by atoms with Gasteiger partial charge in [0.25, 0.3) is 0 Å². The Morgan fingerprint density at radius 2 is 1.86 bits per heavy atom. The monoisotopic (exact) mass is 385 g/mol. The first-order chi connectivity index (χ1) is 13.5. The molecule has 0 radical (unpaired) electrons. The second-order valence-electron chi connectivity index (χ2n) is 7.98. The molecule has 28 heavy (non-hydrogen) atoms. The lowest BCUT2D eigenvalue weighted by atomic mass is 9.64. The average molecular weight is 385 g/mol. The zero-order chi connectivity index (χ0) is 19.8. The molecule has 1 spiro atoms. The summed E-state index contributed by atoms with van der Waals surface area (Å²) in [6.07, 6.45) is 1.47. The fourth-order valence-corrected chi connectivity index (χ4v) is 6.28. The summed E-state index contributed by atoms with van der Waals surface area (Å²) in [6, 6.07) is 3.83. The van der Waals surface area contributed by atoms with Crippen molar-refractivity contribution in [2.45, 2.75) is 31.7 Å². The maximum absolute atomic E-state index is 13.2. The summed E-state index contributed by atoms with van der Waals surface area (Å²) in [4.78, 5) is 41.0. The lowest BCUT2D eigenvalue weighted by Gasteiger charge is -2.51. The summed E-state index contributed by atoms with van der Waals surface area (Å²) >= 11 is 0. The maximum Gasteiger partial charge on any atom is 0.316 e. The van der Waals surface area contributed by atoms with Crippen molar-refractivity contribution in [3.05, 3.63) is 23.3 Å². The van der Waals surface area contributed by atoms with Crippen molar-refractivity contribution in [1.82, 2.24) is 4.90 Å². The smallest absolute Gasteiger partial charge is 0.316 e. The van der Waals surface area contributed by atoms with Crippen LogP contribution in [0.15, 0.2) is 12.1 Å². The number of rotatable bonds is 4. The summed E-state index contributed by atoms with van der Waals surface area (Å²) in [7, 11) is 3.15. The van der Waals surface area contributed by atoms with Crippen molar-refractivity contribution in [2.24, 2.45) is 17.3 Å². The van der Waals surface area contributed by atoms with E-state index in [1.54, 1.807) is 21.1 Å². The number of ketones is 1. The number of hydrogen-bond acceptors (Lipinski definition) is 6. The Morgan fingerprint density at radius 3 is 2.54 bits per heavy atom. The third-order valence-corrected chi connectivity index (χ3v) is 7.24. The fraction of sp³-hybridized carbons (Fsp3) is 0.571. The molecule has 7 heteroatoms. The molecule has 4 atom stereocenters. The topological polar surface area (TPSA) is 82.1 Å². The van der Waals surface area contributed by atoms with Crippen LogP contribution in [-0.4, -0.2) is 49.9 Å². The minimum absolute atomic E-state index is 0.00396. The fourth-order valence-electron chi connectivity index (χ4n) is 6.28. The van der Waals surface area contributed by atoms with E-state index in [1.807, 2.05) is 17.0 Å². The molecule has 1 aromatic carbocycles. The van der Waals surface area contributed by atoms with E-state index < -0.39 is 28.8 Å². The molecule has 2 aliphatic heterocycles. The molecule has 1 saturated heterocycles. The molecule has 1 amide bonds. The predicted octanol–water partition coefficient (Wildman–Crippen LogP) is 1.46. The van der Waals surface area contributed by atoms with E-state index in [0.717, 1.165) is 11.1 Å². The number of esters is 1. The molecule has 2 aliphatic carbocycles. The molecule has 4 aliphatic rings. The van der Waals surface area contributed by atoms with Gasteiger partial charge in [0.1, 0.15) is 11.2 Å². The van der Waals surface area contributed by atoms with E-state index in [2.05, 4.69) is 0 Å². The highest BCUT2D eigenvalue weighted by Crippen LogP contribution is 2.79. The van der Waals surface area contributed by atoms with E-state index >= 15 is 0 Å². The second kappa shape index (κ2) is 5.49. The van der Waals surface area contributed by atoms with Crippen LogP contribution in [0, 0.1) is 17.3 Å². The number of nitrogens with zero attached hydrogens (tertiary/aromatic N) is 1. The number of ether oxygens (including phenoxy) is 3. The number of carbonyl (C=O) groups is 3. The highest BCUT2D eigenvalue weighted by atomic mass is 16.5. The van der Waals surface area contributed by atoms with Gasteiger partial charge in [-0.3, -0.25) is 14.4 Å². The number of fused-ring (bicyclic) bond motifs is 2. The van der Waals surface area contributed by atoms with Crippen molar-refractivity contribution in [2.75, 3.05) is 27.4 Å². The van der Waals surface area contributed by atoms with Gasteiger partial charge in [0, 0.05) is 13.0 Å². The van der Waals surface area contributed by atoms with Crippen LogP contribution in [0.5, 0.6) is 11.5 Å². The van der Waals surface area contributed by atoms with Crippen molar-refractivity contribution in [1.29, 1.82) is 0 Å². The number of piperidine rings is 1. The zero-order valence-electron chi connectivity index (χ0n) is 16.2. The van der Waals surface area contributed by atoms with Crippen LogP contribution in [0.25, 0.3) is 0 Å². The minimum atomic E-state index is -1.11. The van der Waals surface area contributed by atoms with Gasteiger partial charge in [-0.1, -0.05) is 0 Å². The number of amides is 1. The van der Waals surface area contributed by atoms with Gasteiger partial charge in [0.2, 0.25) is 5.91 Å². The van der Waals surface area contributed by atoms with Crippen molar-refractivity contribution >= 4 is 17.7 Å². The first-order valence-electron chi connectivity index (χ1n) is 9.75. The lowest BCUT2D eigenvalue weighted by Crippen LogP contribution is -2.59. The first-order valence-corrected chi connectivity index (χ1v) is 9.75. The SMILES string of the molecule is CCOC(=O)[C@@]12[C@@H]3C(=O)CC[C@@]14c1cc(OC)c(OC)cc1CCN4C(=O)[C@@H]32. The number of benzene rings is 1. The summed E-state index contributed by atoms with van der Waals surface area (Å²) < 4.78 is 16.4. The predicted molar refractivity (Wildman–Crippen MR) is 96.9 cm³/mol. The van der Waals surface area contributed by atoms with Crippen LogP contribution < -0.4 is 9.47 Å². The quantitative estimate of drug-likeness (QED) is 0.730. The number of Topliss-reactive ketones (excluding diaryl/α,β-unsaturated/α-hetero) is 1. The molecule has 0 bridgehead atoms. The minimum Gasteiger partial charge on any atom is -0.493 e. The number of methoxy groups -OCH3 is 2. The van der Waals surface area contributed by atoms with Crippen LogP contribution in [0.3, 0.4) is 0 Å². The highest BCUT2D eigenvalue weighted by Gasteiger charge is 2.92. The first kappa shape index (κ1) is 17.5. The molecule has 0 aromatic heterocycles. The Hall–Kier alpha value is -2.57. The third-order valence-electron chi connectivity index (χ3n) is 7.24. The Labute approximate surface area is 162 Å².